The van der Waals surface area contributed by atoms with E-state index in [1.54, 1.807) is 0 Å². The second-order valence-electron chi connectivity index (χ2n) is 5.69. The molecule has 3 heteroatoms. The number of nitrogens with zero attached hydrogens (tertiary/aromatic N) is 2. The highest BCUT2D eigenvalue weighted by molar-refractivity contribution is 5.49. The van der Waals surface area contributed by atoms with Crippen LogP contribution < -0.4 is 10.6 Å². The van der Waals surface area contributed by atoms with Crippen LogP contribution in [0.3, 0.4) is 0 Å². The fourth-order valence-electron chi connectivity index (χ4n) is 2.87. The molecule has 18 heavy (non-hydrogen) atoms. The van der Waals surface area contributed by atoms with Gasteiger partial charge in [-0.2, -0.15) is 0 Å². The standard InChI is InChI=1S/C15H25N3/c1-13-6-4-7-14(10-13)18-9-5-8-15(11-16,12-18)17(2)3/h4,6-7,10H,5,8-9,11-12,16H2,1-3H3. The van der Waals surface area contributed by atoms with Crippen LogP contribution in [0.25, 0.3) is 0 Å². The van der Waals surface area contributed by atoms with Gasteiger partial charge in [0.15, 0.2) is 0 Å². The quantitative estimate of drug-likeness (QED) is 0.885. The van der Waals surface area contributed by atoms with Crippen LogP contribution in [0.4, 0.5) is 5.69 Å². The Morgan fingerprint density at radius 3 is 2.78 bits per heavy atom. The maximum Gasteiger partial charge on any atom is 0.0501 e. The predicted octanol–water partition coefficient (Wildman–Crippen LogP) is 1.85. The van der Waals surface area contributed by atoms with Gasteiger partial charge in [-0.05, 0) is 51.6 Å². The van der Waals surface area contributed by atoms with Crippen LogP contribution in [-0.2, 0) is 0 Å². The smallest absolute Gasteiger partial charge is 0.0501 e. The van der Waals surface area contributed by atoms with Gasteiger partial charge in [-0.25, -0.2) is 0 Å². The van der Waals surface area contributed by atoms with E-state index < -0.39 is 0 Å². The Morgan fingerprint density at radius 1 is 1.39 bits per heavy atom. The van der Waals surface area contributed by atoms with E-state index >= 15 is 0 Å². The van der Waals surface area contributed by atoms with Gasteiger partial charge >= 0.3 is 0 Å². The Morgan fingerprint density at radius 2 is 2.17 bits per heavy atom. The highest BCUT2D eigenvalue weighted by atomic mass is 15.2. The first-order valence-electron chi connectivity index (χ1n) is 6.76. The second-order valence-corrected chi connectivity index (χ2v) is 5.69. The van der Waals surface area contributed by atoms with Crippen LogP contribution in [0.1, 0.15) is 18.4 Å². The summed E-state index contributed by atoms with van der Waals surface area (Å²) in [4.78, 5) is 4.78. The number of benzene rings is 1. The first kappa shape index (κ1) is 13.4. The zero-order chi connectivity index (χ0) is 13.2. The van der Waals surface area contributed by atoms with Crippen molar-refractivity contribution in [3.8, 4) is 0 Å². The number of hydrogen-bond acceptors (Lipinski definition) is 3. The van der Waals surface area contributed by atoms with Crippen LogP contribution in [0, 0.1) is 6.92 Å². The number of nitrogens with two attached hydrogens (primary N) is 1. The lowest BCUT2D eigenvalue weighted by Crippen LogP contribution is -2.60. The van der Waals surface area contributed by atoms with Gasteiger partial charge in [0, 0.05) is 25.3 Å². The summed E-state index contributed by atoms with van der Waals surface area (Å²) in [5.41, 5.74) is 8.82. The van der Waals surface area contributed by atoms with Crippen LogP contribution in [0.5, 0.6) is 0 Å². The summed E-state index contributed by atoms with van der Waals surface area (Å²) in [7, 11) is 4.29. The Bertz CT molecular complexity index is 402. The van der Waals surface area contributed by atoms with Crippen molar-refractivity contribution in [1.29, 1.82) is 0 Å². The molecule has 1 saturated heterocycles. The summed E-state index contributed by atoms with van der Waals surface area (Å²) in [6, 6.07) is 8.76. The molecular formula is C15H25N3. The van der Waals surface area contributed by atoms with Crippen LogP contribution in [-0.4, -0.2) is 44.2 Å². The van der Waals surface area contributed by atoms with Crippen molar-refractivity contribution in [1.82, 2.24) is 4.90 Å². The minimum atomic E-state index is 0.127. The van der Waals surface area contributed by atoms with Crippen molar-refractivity contribution >= 4 is 5.69 Å². The molecule has 0 saturated carbocycles. The Kier molecular flexibility index (Phi) is 3.93. The van der Waals surface area contributed by atoms with E-state index in [0.717, 1.165) is 19.6 Å². The molecule has 2 N–H and O–H groups in total. The molecule has 3 nitrogen and oxygen atoms in total. The highest BCUT2D eigenvalue weighted by Gasteiger charge is 2.36. The third-order valence-corrected chi connectivity index (χ3v) is 4.25. The summed E-state index contributed by atoms with van der Waals surface area (Å²) in [5.74, 6) is 0. The molecule has 1 aliphatic heterocycles. The third kappa shape index (κ3) is 2.52. The van der Waals surface area contributed by atoms with Crippen molar-refractivity contribution < 1.29 is 0 Å². The van der Waals surface area contributed by atoms with Crippen molar-refractivity contribution in [3.05, 3.63) is 29.8 Å². The predicted molar refractivity (Wildman–Crippen MR) is 78.1 cm³/mol. The lowest BCUT2D eigenvalue weighted by Gasteiger charge is -2.47. The van der Waals surface area contributed by atoms with Gasteiger partial charge in [0.05, 0.1) is 5.54 Å². The van der Waals surface area contributed by atoms with Gasteiger partial charge in [0.2, 0.25) is 0 Å². The van der Waals surface area contributed by atoms with Gasteiger partial charge in [-0.1, -0.05) is 12.1 Å². The zero-order valence-electron chi connectivity index (χ0n) is 11.8. The fourth-order valence-corrected chi connectivity index (χ4v) is 2.87. The van der Waals surface area contributed by atoms with Gasteiger partial charge in [-0.3, -0.25) is 0 Å². The number of piperidine rings is 1. The summed E-state index contributed by atoms with van der Waals surface area (Å²) < 4.78 is 0. The molecule has 2 rings (SSSR count). The van der Waals surface area contributed by atoms with E-state index in [1.807, 2.05) is 0 Å². The SMILES string of the molecule is Cc1cccc(N2CCCC(CN)(N(C)C)C2)c1. The molecule has 0 aliphatic carbocycles. The summed E-state index contributed by atoms with van der Waals surface area (Å²) >= 11 is 0. The van der Waals surface area contributed by atoms with E-state index in [9.17, 15) is 0 Å². The number of likely N-dealkylation sites (N-methyl/N-ethyl adjacent to an activating group) is 1. The minimum absolute atomic E-state index is 0.127. The molecule has 1 unspecified atom stereocenters. The third-order valence-electron chi connectivity index (χ3n) is 4.25. The number of rotatable bonds is 3. The molecule has 1 atom stereocenters. The lowest BCUT2D eigenvalue weighted by atomic mass is 9.87. The molecule has 1 aromatic rings. The summed E-state index contributed by atoms with van der Waals surface area (Å²) in [5, 5.41) is 0. The molecule has 1 aliphatic rings. The van der Waals surface area contributed by atoms with Gasteiger partial charge in [0.1, 0.15) is 0 Å². The Labute approximate surface area is 111 Å². The van der Waals surface area contributed by atoms with Crippen LogP contribution in [0.15, 0.2) is 24.3 Å². The van der Waals surface area contributed by atoms with E-state index in [0.29, 0.717) is 0 Å². The Balaban J connectivity index is 2.20. The van der Waals surface area contributed by atoms with Gasteiger partial charge in [-0.15, -0.1) is 0 Å². The van der Waals surface area contributed by atoms with Gasteiger partial charge < -0.3 is 15.5 Å². The number of hydrogen-bond donors (Lipinski definition) is 1. The molecule has 0 aromatic heterocycles. The Hall–Kier alpha value is -1.06. The average Bonchev–Trinajstić information content (AvgIpc) is 2.38. The highest BCUT2D eigenvalue weighted by Crippen LogP contribution is 2.28. The normalized spacial score (nSPS) is 24.6. The maximum absolute atomic E-state index is 6.04. The monoisotopic (exact) mass is 247 g/mol. The van der Waals surface area contributed by atoms with Crippen molar-refractivity contribution in [2.45, 2.75) is 25.3 Å². The van der Waals surface area contributed by atoms with Crippen LogP contribution >= 0.6 is 0 Å². The molecule has 0 amide bonds. The molecule has 100 valence electrons. The molecule has 0 bridgehead atoms. The fraction of sp³-hybridized carbons (Fsp3) is 0.600. The second kappa shape index (κ2) is 5.29. The van der Waals surface area contributed by atoms with Crippen molar-refractivity contribution in [2.24, 2.45) is 5.73 Å². The van der Waals surface area contributed by atoms with Crippen molar-refractivity contribution in [3.63, 3.8) is 0 Å². The first-order chi connectivity index (χ1) is 8.57. The lowest BCUT2D eigenvalue weighted by molar-refractivity contribution is 0.135. The molecule has 1 aromatic carbocycles. The first-order valence-corrected chi connectivity index (χ1v) is 6.76. The molecule has 1 heterocycles. The molecule has 1 fully saturated rings. The zero-order valence-corrected chi connectivity index (χ0v) is 11.8. The van der Waals surface area contributed by atoms with E-state index in [4.69, 9.17) is 5.73 Å². The largest absolute Gasteiger partial charge is 0.370 e. The minimum Gasteiger partial charge on any atom is -0.370 e. The molecule has 0 radical (unpaired) electrons. The summed E-state index contributed by atoms with van der Waals surface area (Å²) in [6.45, 7) is 5.04. The average molecular weight is 247 g/mol. The van der Waals surface area contributed by atoms with Crippen LogP contribution in [0.2, 0.25) is 0 Å². The van der Waals surface area contributed by atoms with E-state index in [2.05, 4.69) is 55.1 Å². The molecular weight excluding hydrogens is 222 g/mol. The number of anilines is 1. The van der Waals surface area contributed by atoms with Crippen molar-refractivity contribution in [2.75, 3.05) is 38.6 Å². The maximum atomic E-state index is 6.04. The van der Waals surface area contributed by atoms with E-state index in [1.165, 1.54) is 24.1 Å². The topological polar surface area (TPSA) is 32.5 Å². The molecule has 0 spiro atoms. The summed E-state index contributed by atoms with van der Waals surface area (Å²) in [6.07, 6.45) is 2.40. The number of aryl methyl sites for hydroxylation is 1. The van der Waals surface area contributed by atoms with E-state index in [-0.39, 0.29) is 5.54 Å². The van der Waals surface area contributed by atoms with Gasteiger partial charge in [0.25, 0.3) is 0 Å².